The Labute approximate surface area is 123 Å². The zero-order valence-corrected chi connectivity index (χ0v) is 12.0. The molecule has 7 heteroatoms. The second kappa shape index (κ2) is 6.64. The van der Waals surface area contributed by atoms with Crippen molar-refractivity contribution in [1.82, 2.24) is 20.3 Å². The zero-order chi connectivity index (χ0) is 14.5. The number of nitrogens with one attached hydrogen (secondary N) is 1. The summed E-state index contributed by atoms with van der Waals surface area (Å²) < 4.78 is 10.9. The molecule has 0 aliphatic carbocycles. The lowest BCUT2D eigenvalue weighted by atomic mass is 10.2. The quantitative estimate of drug-likeness (QED) is 0.882. The molecule has 0 spiro atoms. The van der Waals surface area contributed by atoms with Crippen LogP contribution >= 0.6 is 0 Å². The van der Waals surface area contributed by atoms with E-state index in [0.29, 0.717) is 6.54 Å². The molecule has 7 nitrogen and oxygen atoms in total. The Balaban J connectivity index is 1.49. The molecule has 1 aliphatic heterocycles. The number of morpholine rings is 1. The minimum atomic E-state index is 0.133. The largest absolute Gasteiger partial charge is 0.374 e. The fourth-order valence-electron chi connectivity index (χ4n) is 2.38. The van der Waals surface area contributed by atoms with Gasteiger partial charge in [0.2, 0.25) is 0 Å². The van der Waals surface area contributed by atoms with Crippen LogP contribution in [0.2, 0.25) is 0 Å². The first-order valence-corrected chi connectivity index (χ1v) is 7.07. The van der Waals surface area contributed by atoms with Crippen LogP contribution in [0.5, 0.6) is 0 Å². The van der Waals surface area contributed by atoms with Crippen molar-refractivity contribution in [2.75, 3.05) is 31.6 Å². The van der Waals surface area contributed by atoms with Crippen molar-refractivity contribution in [1.29, 1.82) is 0 Å². The zero-order valence-electron chi connectivity index (χ0n) is 12.0. The molecule has 0 radical (unpaired) electrons. The number of ether oxygens (including phenoxy) is 1. The maximum Gasteiger partial charge on any atom is 0.148 e. The van der Waals surface area contributed by atoms with E-state index < -0.39 is 0 Å². The van der Waals surface area contributed by atoms with Crippen LogP contribution < -0.4 is 5.32 Å². The Morgan fingerprint density at radius 1 is 1.48 bits per heavy atom. The van der Waals surface area contributed by atoms with Crippen LogP contribution in [-0.2, 0) is 11.3 Å². The Bertz CT molecular complexity index is 560. The van der Waals surface area contributed by atoms with Gasteiger partial charge in [-0.15, -0.1) is 5.10 Å². The summed E-state index contributed by atoms with van der Waals surface area (Å²) in [5, 5.41) is 15.1. The molecule has 2 aromatic heterocycles. The summed E-state index contributed by atoms with van der Waals surface area (Å²) in [6, 6.07) is 5.73. The summed E-state index contributed by atoms with van der Waals surface area (Å²) in [6.07, 6.45) is 1.79. The smallest absolute Gasteiger partial charge is 0.148 e. The number of nitrogens with zero attached hydrogens (tertiary/aromatic N) is 4. The fourth-order valence-corrected chi connectivity index (χ4v) is 2.38. The van der Waals surface area contributed by atoms with Gasteiger partial charge in [-0.25, -0.2) is 0 Å². The highest BCUT2D eigenvalue weighted by atomic mass is 16.5. The van der Waals surface area contributed by atoms with E-state index in [4.69, 9.17) is 9.26 Å². The van der Waals surface area contributed by atoms with Crippen molar-refractivity contribution in [3.63, 3.8) is 0 Å². The van der Waals surface area contributed by atoms with Crippen LogP contribution in [0.15, 0.2) is 28.9 Å². The van der Waals surface area contributed by atoms with Gasteiger partial charge in [0, 0.05) is 38.4 Å². The first-order chi connectivity index (χ1) is 10.3. The molecule has 1 aliphatic rings. The van der Waals surface area contributed by atoms with Gasteiger partial charge < -0.3 is 14.6 Å². The average Bonchev–Trinajstić information content (AvgIpc) is 2.92. The Morgan fingerprint density at radius 2 is 2.43 bits per heavy atom. The van der Waals surface area contributed by atoms with Gasteiger partial charge in [-0.05, 0) is 19.1 Å². The molecule has 0 unspecified atom stereocenters. The summed E-state index contributed by atoms with van der Waals surface area (Å²) in [5.41, 5.74) is 0.968. The minimum Gasteiger partial charge on any atom is -0.374 e. The highest BCUT2D eigenvalue weighted by molar-refractivity contribution is 5.31. The van der Waals surface area contributed by atoms with E-state index in [2.05, 4.69) is 25.6 Å². The van der Waals surface area contributed by atoms with E-state index in [1.165, 1.54) is 0 Å². The number of aromatic nitrogens is 3. The van der Waals surface area contributed by atoms with Crippen molar-refractivity contribution in [2.45, 2.75) is 19.6 Å². The lowest BCUT2D eigenvalue weighted by Crippen LogP contribution is -2.44. The van der Waals surface area contributed by atoms with Gasteiger partial charge in [-0.1, -0.05) is 5.16 Å². The van der Waals surface area contributed by atoms with Gasteiger partial charge in [-0.3, -0.25) is 4.90 Å². The molecule has 1 fully saturated rings. The van der Waals surface area contributed by atoms with Gasteiger partial charge >= 0.3 is 0 Å². The number of anilines is 1. The van der Waals surface area contributed by atoms with E-state index in [0.717, 1.165) is 43.5 Å². The molecular formula is C14H19N5O2. The molecule has 2 aromatic rings. The number of aryl methyl sites for hydroxylation is 1. The van der Waals surface area contributed by atoms with Crippen molar-refractivity contribution < 1.29 is 9.26 Å². The lowest BCUT2D eigenvalue weighted by Gasteiger charge is -2.32. The predicted molar refractivity (Wildman–Crippen MR) is 76.8 cm³/mol. The average molecular weight is 289 g/mol. The summed E-state index contributed by atoms with van der Waals surface area (Å²) in [6.45, 7) is 5.91. The second-order valence-corrected chi connectivity index (χ2v) is 5.15. The maximum atomic E-state index is 5.78. The predicted octanol–water partition coefficient (Wildman–Crippen LogP) is 1.09. The van der Waals surface area contributed by atoms with Gasteiger partial charge in [0.05, 0.1) is 18.4 Å². The van der Waals surface area contributed by atoms with Gasteiger partial charge in [0.25, 0.3) is 0 Å². The molecule has 21 heavy (non-hydrogen) atoms. The molecule has 0 saturated carbocycles. The van der Waals surface area contributed by atoms with E-state index in [9.17, 15) is 0 Å². The first kappa shape index (κ1) is 14.0. The molecule has 3 heterocycles. The van der Waals surface area contributed by atoms with Gasteiger partial charge in [-0.2, -0.15) is 5.10 Å². The summed E-state index contributed by atoms with van der Waals surface area (Å²) >= 11 is 0. The van der Waals surface area contributed by atoms with Crippen LogP contribution in [0.3, 0.4) is 0 Å². The summed E-state index contributed by atoms with van der Waals surface area (Å²) in [4.78, 5) is 2.32. The van der Waals surface area contributed by atoms with Crippen molar-refractivity contribution >= 4 is 5.82 Å². The Morgan fingerprint density at radius 3 is 3.19 bits per heavy atom. The topological polar surface area (TPSA) is 76.3 Å². The maximum absolute atomic E-state index is 5.78. The normalized spacial score (nSPS) is 19.6. The van der Waals surface area contributed by atoms with Crippen LogP contribution in [-0.4, -0.2) is 52.6 Å². The molecule has 1 saturated heterocycles. The van der Waals surface area contributed by atoms with Gasteiger partial charge in [0.15, 0.2) is 0 Å². The molecule has 0 amide bonds. The third kappa shape index (κ3) is 3.99. The van der Waals surface area contributed by atoms with Crippen LogP contribution in [0.4, 0.5) is 5.82 Å². The van der Waals surface area contributed by atoms with Crippen LogP contribution in [0, 0.1) is 6.92 Å². The second-order valence-electron chi connectivity index (χ2n) is 5.15. The highest BCUT2D eigenvalue weighted by Crippen LogP contribution is 2.11. The third-order valence-electron chi connectivity index (χ3n) is 3.37. The number of hydrogen-bond acceptors (Lipinski definition) is 7. The van der Waals surface area contributed by atoms with Crippen LogP contribution in [0.1, 0.15) is 11.5 Å². The number of rotatable bonds is 5. The molecule has 0 aromatic carbocycles. The molecular weight excluding hydrogens is 270 g/mol. The highest BCUT2D eigenvalue weighted by Gasteiger charge is 2.21. The fraction of sp³-hybridized carbons (Fsp3) is 0.500. The van der Waals surface area contributed by atoms with Crippen molar-refractivity contribution in [3.8, 4) is 0 Å². The van der Waals surface area contributed by atoms with E-state index in [1.54, 1.807) is 6.20 Å². The van der Waals surface area contributed by atoms with E-state index in [-0.39, 0.29) is 6.10 Å². The lowest BCUT2D eigenvalue weighted by molar-refractivity contribution is -0.0246. The third-order valence-corrected chi connectivity index (χ3v) is 3.37. The van der Waals surface area contributed by atoms with Gasteiger partial charge in [0.1, 0.15) is 11.6 Å². The summed E-state index contributed by atoms with van der Waals surface area (Å²) in [7, 11) is 0. The van der Waals surface area contributed by atoms with Crippen LogP contribution in [0.25, 0.3) is 0 Å². The SMILES string of the molecule is Cc1cc(CN2CCO[C@H](CNc3cccnn3)C2)no1. The molecule has 1 N–H and O–H groups in total. The standard InChI is InChI=1S/C14H19N5O2/c1-11-7-12(18-21-11)9-19-5-6-20-13(10-19)8-15-14-3-2-4-16-17-14/h2-4,7,13H,5-6,8-10H2,1H3,(H,15,17)/t13-/m1/s1. The molecule has 112 valence electrons. The monoisotopic (exact) mass is 289 g/mol. The minimum absolute atomic E-state index is 0.133. The number of hydrogen-bond donors (Lipinski definition) is 1. The molecule has 0 bridgehead atoms. The molecule has 1 atom stereocenters. The molecule has 3 rings (SSSR count). The first-order valence-electron chi connectivity index (χ1n) is 7.07. The van der Waals surface area contributed by atoms with E-state index in [1.807, 2.05) is 25.1 Å². The van der Waals surface area contributed by atoms with Crippen molar-refractivity contribution in [2.24, 2.45) is 0 Å². The Kier molecular flexibility index (Phi) is 4.42. The van der Waals surface area contributed by atoms with Crippen molar-refractivity contribution in [3.05, 3.63) is 35.9 Å². The Hall–Kier alpha value is -1.99. The summed E-state index contributed by atoms with van der Waals surface area (Å²) in [5.74, 6) is 1.62. The van der Waals surface area contributed by atoms with E-state index >= 15 is 0 Å².